The number of carbonyl (C=O) groups excluding carboxylic acids is 2. The SMILES string of the molecule is CC(=O)Nc1cccc(C)n1.CC(=O)Nc1cccc(C)n1.O=[N+]([O-])[O-].O=[N+]([O-])[O-].[Cu+2].[OH3+]. The number of rotatable bonds is 2. The largest absolute Gasteiger partial charge is 2.00 e. The summed E-state index contributed by atoms with van der Waals surface area (Å²) in [5, 5.41) is 34.7. The molecular weight excluding hydrogens is 484 g/mol. The number of anilines is 2. The molecule has 2 rings (SSSR count). The monoisotopic (exact) mass is 506 g/mol. The van der Waals surface area contributed by atoms with E-state index in [2.05, 4.69) is 20.6 Å². The zero-order chi connectivity index (χ0) is 23.7. The molecule has 181 valence electrons. The zero-order valence-electron chi connectivity index (χ0n) is 17.4. The summed E-state index contributed by atoms with van der Waals surface area (Å²) in [7, 11) is 0. The van der Waals surface area contributed by atoms with Gasteiger partial charge in [0.25, 0.3) is 0 Å². The number of hydrogen-bond donors (Lipinski definition) is 2. The number of aromatic nitrogens is 2. The smallest absolute Gasteiger partial charge is 0.457 e. The molecule has 2 heterocycles. The molecule has 0 spiro atoms. The van der Waals surface area contributed by atoms with Gasteiger partial charge in [-0.25, -0.2) is 9.97 Å². The average molecular weight is 507 g/mol. The van der Waals surface area contributed by atoms with Crippen LogP contribution in [0.5, 0.6) is 0 Å². The molecule has 2 aromatic heterocycles. The Morgan fingerprint density at radius 2 is 1.00 bits per heavy atom. The molecule has 0 aliphatic rings. The number of carbonyl (C=O) groups is 2. The van der Waals surface area contributed by atoms with Crippen molar-refractivity contribution in [1.29, 1.82) is 0 Å². The first kappa shape index (κ1) is 35.5. The van der Waals surface area contributed by atoms with Gasteiger partial charge >= 0.3 is 17.1 Å². The van der Waals surface area contributed by atoms with Gasteiger partial charge < -0.3 is 46.8 Å². The number of nitrogens with one attached hydrogen (secondary N) is 2. The molecule has 0 aliphatic heterocycles. The number of amides is 2. The maximum absolute atomic E-state index is 10.6. The maximum atomic E-state index is 10.6. The Bertz CT molecular complexity index is 777. The van der Waals surface area contributed by atoms with E-state index in [1.807, 2.05) is 38.1 Å². The fourth-order valence-electron chi connectivity index (χ4n) is 1.59. The molecule has 0 atom stereocenters. The van der Waals surface area contributed by atoms with Crippen molar-refractivity contribution in [3.05, 3.63) is 78.4 Å². The molecule has 0 fully saturated rings. The van der Waals surface area contributed by atoms with Gasteiger partial charge in [-0.3, -0.25) is 9.59 Å². The van der Waals surface area contributed by atoms with E-state index in [-0.39, 0.29) is 34.4 Å². The summed E-state index contributed by atoms with van der Waals surface area (Å²) < 4.78 is 0. The second-order valence-corrected chi connectivity index (χ2v) is 5.14. The number of pyridine rings is 2. The van der Waals surface area contributed by atoms with Gasteiger partial charge in [0.1, 0.15) is 11.6 Å². The zero-order valence-corrected chi connectivity index (χ0v) is 18.3. The van der Waals surface area contributed by atoms with Gasteiger partial charge in [0.2, 0.25) is 11.8 Å². The van der Waals surface area contributed by atoms with E-state index in [0.29, 0.717) is 11.6 Å². The van der Waals surface area contributed by atoms with Crippen LogP contribution in [0.4, 0.5) is 11.6 Å². The van der Waals surface area contributed by atoms with Gasteiger partial charge in [0.15, 0.2) is 0 Å². The summed E-state index contributed by atoms with van der Waals surface area (Å²) in [6, 6.07) is 11.0. The minimum absolute atomic E-state index is 0. The van der Waals surface area contributed by atoms with Crippen LogP contribution in [0.1, 0.15) is 25.2 Å². The van der Waals surface area contributed by atoms with E-state index >= 15 is 0 Å². The first-order chi connectivity index (χ1) is 13.8. The van der Waals surface area contributed by atoms with Crippen molar-refractivity contribution >= 4 is 23.5 Å². The van der Waals surface area contributed by atoms with Crippen molar-refractivity contribution in [1.82, 2.24) is 9.97 Å². The molecule has 0 aliphatic carbocycles. The minimum Gasteiger partial charge on any atom is -0.457 e. The fraction of sp³-hybridized carbons (Fsp3) is 0.250. The topological polar surface area (TPSA) is 249 Å². The van der Waals surface area contributed by atoms with Crippen molar-refractivity contribution in [3.8, 4) is 0 Å². The minimum atomic E-state index is -1.75. The van der Waals surface area contributed by atoms with Crippen LogP contribution in [0.2, 0.25) is 0 Å². The van der Waals surface area contributed by atoms with Gasteiger partial charge in [-0.2, -0.15) is 0 Å². The summed E-state index contributed by atoms with van der Waals surface area (Å²) in [6.07, 6.45) is 0. The molecule has 16 heteroatoms. The summed E-state index contributed by atoms with van der Waals surface area (Å²) in [6.45, 7) is 6.69. The van der Waals surface area contributed by atoms with Crippen LogP contribution >= 0.6 is 0 Å². The first-order valence-electron chi connectivity index (χ1n) is 7.89. The summed E-state index contributed by atoms with van der Waals surface area (Å²) >= 11 is 0. The predicted octanol–water partition coefficient (Wildman–Crippen LogP) is 1.29. The van der Waals surface area contributed by atoms with Crippen molar-refractivity contribution in [2.45, 2.75) is 27.7 Å². The van der Waals surface area contributed by atoms with E-state index in [1.54, 1.807) is 12.1 Å². The third-order valence-electron chi connectivity index (χ3n) is 2.38. The third kappa shape index (κ3) is 28.3. The van der Waals surface area contributed by atoms with Gasteiger partial charge in [-0.15, -0.1) is 0 Å². The molecule has 15 nitrogen and oxygen atoms in total. The van der Waals surface area contributed by atoms with Crippen LogP contribution in [-0.4, -0.2) is 32.0 Å². The summed E-state index contributed by atoms with van der Waals surface area (Å²) in [5.74, 6) is 1.03. The number of aryl methyl sites for hydroxylation is 2. The van der Waals surface area contributed by atoms with Crippen molar-refractivity contribution < 1.29 is 42.3 Å². The van der Waals surface area contributed by atoms with E-state index in [0.717, 1.165) is 11.4 Å². The summed E-state index contributed by atoms with van der Waals surface area (Å²) in [5.41, 5.74) is 1.80. The van der Waals surface area contributed by atoms with Gasteiger partial charge in [0.05, 0.1) is 10.2 Å². The molecule has 1 radical (unpaired) electrons. The molecule has 2 amide bonds. The van der Waals surface area contributed by atoms with Gasteiger partial charge in [-0.1, -0.05) is 12.1 Å². The van der Waals surface area contributed by atoms with Crippen LogP contribution in [0.15, 0.2) is 36.4 Å². The van der Waals surface area contributed by atoms with Crippen LogP contribution < -0.4 is 10.6 Å². The first-order valence-corrected chi connectivity index (χ1v) is 7.89. The van der Waals surface area contributed by atoms with E-state index in [9.17, 15) is 9.59 Å². The second-order valence-electron chi connectivity index (χ2n) is 5.14. The molecule has 5 N–H and O–H groups in total. The Balaban J connectivity index is -0.000000177. The van der Waals surface area contributed by atoms with Crippen LogP contribution in [0.3, 0.4) is 0 Å². The van der Waals surface area contributed by atoms with Crippen molar-refractivity contribution in [2.75, 3.05) is 10.6 Å². The summed E-state index contributed by atoms with van der Waals surface area (Å²) in [4.78, 5) is 45.8. The molecule has 0 aromatic carbocycles. The Morgan fingerprint density at radius 1 is 0.750 bits per heavy atom. The second kappa shape index (κ2) is 20.4. The van der Waals surface area contributed by atoms with Crippen LogP contribution in [0, 0.1) is 44.5 Å². The van der Waals surface area contributed by atoms with E-state index in [4.69, 9.17) is 30.6 Å². The molecule has 0 saturated heterocycles. The Labute approximate surface area is 192 Å². The molecule has 0 bridgehead atoms. The molecular formula is C16H23CuN6O9+. The molecule has 32 heavy (non-hydrogen) atoms. The maximum Gasteiger partial charge on any atom is 2.00 e. The predicted molar refractivity (Wildman–Crippen MR) is 112 cm³/mol. The van der Waals surface area contributed by atoms with Crippen molar-refractivity contribution in [3.63, 3.8) is 0 Å². The van der Waals surface area contributed by atoms with Gasteiger partial charge in [0, 0.05) is 25.2 Å². The van der Waals surface area contributed by atoms with E-state index in [1.165, 1.54) is 13.8 Å². The Kier molecular flexibility index (Phi) is 22.7. The standard InChI is InChI=1S/2C8H10N2O.Cu.2NO3.H2O/c2*1-6-4-3-5-8(9-6)10-7(2)11;;2*2-1(3)4;/h2*3-5H,1-2H3,(H,9,10,11);;;;1H2/q;;+2;2*-1;/p+1. The van der Waals surface area contributed by atoms with Crippen LogP contribution in [0.25, 0.3) is 0 Å². The fourth-order valence-corrected chi connectivity index (χ4v) is 1.59. The number of nitrogens with zero attached hydrogens (tertiary/aromatic N) is 4. The Hall–Kier alpha value is -3.88. The molecule has 2 aromatic rings. The number of hydrogen-bond acceptors (Lipinski definition) is 10. The van der Waals surface area contributed by atoms with Crippen LogP contribution in [-0.2, 0) is 32.1 Å². The van der Waals surface area contributed by atoms with E-state index < -0.39 is 10.2 Å². The molecule has 0 saturated carbocycles. The normalized spacial score (nSPS) is 7.88. The third-order valence-corrected chi connectivity index (χ3v) is 2.38. The quantitative estimate of drug-likeness (QED) is 0.255. The van der Waals surface area contributed by atoms with Crippen molar-refractivity contribution in [2.24, 2.45) is 0 Å². The van der Waals surface area contributed by atoms with Gasteiger partial charge in [-0.05, 0) is 38.1 Å². The molecule has 0 unspecified atom stereocenters. The Morgan fingerprint density at radius 3 is 1.19 bits per heavy atom. The average Bonchev–Trinajstić information content (AvgIpc) is 2.53.